The van der Waals surface area contributed by atoms with Gasteiger partial charge < -0.3 is 10.6 Å². The van der Waals surface area contributed by atoms with Crippen molar-refractivity contribution in [1.29, 1.82) is 0 Å². The number of benzene rings is 1. The highest BCUT2D eigenvalue weighted by Crippen LogP contribution is 2.33. The van der Waals surface area contributed by atoms with E-state index in [0.29, 0.717) is 11.3 Å². The van der Waals surface area contributed by atoms with Crippen molar-refractivity contribution in [3.8, 4) is 0 Å². The van der Waals surface area contributed by atoms with Gasteiger partial charge in [0.05, 0.1) is 17.7 Å². The van der Waals surface area contributed by atoms with E-state index in [1.165, 1.54) is 12.1 Å². The number of hydrogen-bond acceptors (Lipinski definition) is 3. The molecule has 0 radical (unpaired) electrons. The van der Waals surface area contributed by atoms with Crippen LogP contribution in [0.1, 0.15) is 36.6 Å². The lowest BCUT2D eigenvalue weighted by Gasteiger charge is -2.26. The summed E-state index contributed by atoms with van der Waals surface area (Å²) < 4.78 is 13.3. The number of halogens is 1. The Bertz CT molecular complexity index is 749. The average molecular weight is 313 g/mol. The maximum atomic E-state index is 13.3. The van der Waals surface area contributed by atoms with Crippen LogP contribution in [0, 0.1) is 5.82 Å². The summed E-state index contributed by atoms with van der Waals surface area (Å²) in [7, 11) is 0. The highest BCUT2D eigenvalue weighted by Gasteiger charge is 2.31. The molecule has 0 fully saturated rings. The Hall–Kier alpha value is -2.76. The molecule has 0 spiro atoms. The van der Waals surface area contributed by atoms with Gasteiger partial charge in [-0.1, -0.05) is 12.1 Å². The van der Waals surface area contributed by atoms with Gasteiger partial charge in [-0.25, -0.2) is 4.39 Å². The number of amides is 2. The van der Waals surface area contributed by atoms with Gasteiger partial charge in [0.25, 0.3) is 0 Å². The number of anilines is 1. The van der Waals surface area contributed by atoms with Crippen LogP contribution in [0.3, 0.4) is 0 Å². The Labute approximate surface area is 132 Å². The molecule has 2 atom stereocenters. The van der Waals surface area contributed by atoms with Gasteiger partial charge >= 0.3 is 0 Å². The van der Waals surface area contributed by atoms with Gasteiger partial charge in [0, 0.05) is 18.3 Å². The molecule has 0 unspecified atom stereocenters. The van der Waals surface area contributed by atoms with Gasteiger partial charge in [-0.15, -0.1) is 0 Å². The van der Waals surface area contributed by atoms with E-state index in [4.69, 9.17) is 0 Å². The molecule has 5 nitrogen and oxygen atoms in total. The van der Waals surface area contributed by atoms with Crippen LogP contribution in [0.2, 0.25) is 0 Å². The van der Waals surface area contributed by atoms with E-state index in [1.54, 1.807) is 18.3 Å². The molecule has 0 saturated heterocycles. The molecule has 1 aliphatic heterocycles. The molecule has 2 N–H and O–H groups in total. The monoisotopic (exact) mass is 313 g/mol. The molecule has 2 amide bonds. The van der Waals surface area contributed by atoms with E-state index in [2.05, 4.69) is 15.6 Å². The molecule has 0 saturated carbocycles. The third kappa shape index (κ3) is 3.21. The summed E-state index contributed by atoms with van der Waals surface area (Å²) >= 11 is 0. The normalized spacial score (nSPS) is 17.8. The van der Waals surface area contributed by atoms with Gasteiger partial charge in [-0.05, 0) is 36.8 Å². The van der Waals surface area contributed by atoms with Crippen LogP contribution in [0.25, 0.3) is 0 Å². The molecule has 6 heteroatoms. The van der Waals surface area contributed by atoms with Gasteiger partial charge in [0.2, 0.25) is 11.8 Å². The topological polar surface area (TPSA) is 71.1 Å². The lowest BCUT2D eigenvalue weighted by atomic mass is 9.89. The zero-order chi connectivity index (χ0) is 16.4. The van der Waals surface area contributed by atoms with Crippen molar-refractivity contribution in [2.45, 2.75) is 25.3 Å². The van der Waals surface area contributed by atoms with Crippen LogP contribution in [0.4, 0.5) is 10.1 Å². The highest BCUT2D eigenvalue weighted by atomic mass is 19.1. The Morgan fingerprint density at radius 1 is 1.39 bits per heavy atom. The highest BCUT2D eigenvalue weighted by molar-refractivity contribution is 6.01. The standard InChI is InChI=1S/C17H16FN3O2/c1-10(14-4-2-3-7-19-14)20-17(23)13-9-16(22)21-15-8-11(18)5-6-12(13)15/h2-8,10,13H,9H2,1H3,(H,20,23)(H,21,22)/t10-,13-/m0/s1. The van der Waals surface area contributed by atoms with E-state index in [9.17, 15) is 14.0 Å². The molecule has 0 bridgehead atoms. The number of nitrogens with zero attached hydrogens (tertiary/aromatic N) is 1. The fraction of sp³-hybridized carbons (Fsp3) is 0.235. The molecule has 1 aliphatic rings. The van der Waals surface area contributed by atoms with Crippen molar-refractivity contribution in [3.63, 3.8) is 0 Å². The Balaban J connectivity index is 1.81. The second kappa shape index (κ2) is 6.16. The first-order chi connectivity index (χ1) is 11.0. The first-order valence-corrected chi connectivity index (χ1v) is 7.35. The number of carbonyl (C=O) groups excluding carboxylic acids is 2. The number of hydrogen-bond donors (Lipinski definition) is 2. The fourth-order valence-electron chi connectivity index (χ4n) is 2.69. The number of fused-ring (bicyclic) bond motifs is 1. The second-order valence-corrected chi connectivity index (χ2v) is 5.52. The lowest BCUT2D eigenvalue weighted by molar-refractivity contribution is -0.126. The van der Waals surface area contributed by atoms with Gasteiger partial charge in [0.15, 0.2) is 0 Å². The molecule has 1 aromatic heterocycles. The minimum absolute atomic E-state index is 0.0411. The molecular weight excluding hydrogens is 297 g/mol. The smallest absolute Gasteiger partial charge is 0.228 e. The van der Waals surface area contributed by atoms with Crippen molar-refractivity contribution in [3.05, 3.63) is 59.7 Å². The molecule has 2 aromatic rings. The zero-order valence-corrected chi connectivity index (χ0v) is 12.5. The number of rotatable bonds is 3. The largest absolute Gasteiger partial charge is 0.347 e. The molecule has 118 valence electrons. The summed E-state index contributed by atoms with van der Waals surface area (Å²) in [5, 5.41) is 5.47. The maximum Gasteiger partial charge on any atom is 0.228 e. The minimum atomic E-state index is -0.634. The first-order valence-electron chi connectivity index (χ1n) is 7.35. The Morgan fingerprint density at radius 3 is 2.96 bits per heavy atom. The summed E-state index contributed by atoms with van der Waals surface area (Å²) in [4.78, 5) is 28.5. The van der Waals surface area contributed by atoms with E-state index >= 15 is 0 Å². The minimum Gasteiger partial charge on any atom is -0.347 e. The third-order valence-corrected chi connectivity index (χ3v) is 3.86. The van der Waals surface area contributed by atoms with Crippen molar-refractivity contribution in [2.75, 3.05) is 5.32 Å². The van der Waals surface area contributed by atoms with Gasteiger partial charge in [-0.3, -0.25) is 14.6 Å². The van der Waals surface area contributed by atoms with Crippen LogP contribution in [0.15, 0.2) is 42.6 Å². The van der Waals surface area contributed by atoms with E-state index < -0.39 is 11.7 Å². The average Bonchev–Trinajstić information content (AvgIpc) is 2.54. The van der Waals surface area contributed by atoms with Crippen LogP contribution >= 0.6 is 0 Å². The summed E-state index contributed by atoms with van der Waals surface area (Å²) in [5.41, 5.74) is 1.71. The summed E-state index contributed by atoms with van der Waals surface area (Å²) in [6.07, 6.45) is 1.70. The van der Waals surface area contributed by atoms with Crippen LogP contribution < -0.4 is 10.6 Å². The first kappa shape index (κ1) is 15.1. The number of pyridine rings is 1. The Morgan fingerprint density at radius 2 is 2.22 bits per heavy atom. The molecule has 1 aromatic carbocycles. The third-order valence-electron chi connectivity index (χ3n) is 3.86. The van der Waals surface area contributed by atoms with Crippen molar-refractivity contribution in [1.82, 2.24) is 10.3 Å². The predicted octanol–water partition coefficient (Wildman–Crippen LogP) is 2.52. The van der Waals surface area contributed by atoms with Gasteiger partial charge in [0.1, 0.15) is 5.82 Å². The van der Waals surface area contributed by atoms with Crippen molar-refractivity contribution < 1.29 is 14.0 Å². The summed E-state index contributed by atoms with van der Waals surface area (Å²) in [6, 6.07) is 9.25. The van der Waals surface area contributed by atoms with E-state index in [-0.39, 0.29) is 24.3 Å². The van der Waals surface area contributed by atoms with Crippen LogP contribution in [0.5, 0.6) is 0 Å². The predicted molar refractivity (Wildman–Crippen MR) is 83.2 cm³/mol. The number of aromatic nitrogens is 1. The van der Waals surface area contributed by atoms with Crippen molar-refractivity contribution >= 4 is 17.5 Å². The molecule has 0 aliphatic carbocycles. The van der Waals surface area contributed by atoms with Crippen LogP contribution in [-0.2, 0) is 9.59 Å². The maximum absolute atomic E-state index is 13.3. The second-order valence-electron chi connectivity index (χ2n) is 5.52. The molecular formula is C17H16FN3O2. The SMILES string of the molecule is C[C@H](NC(=O)[C@H]1CC(=O)Nc2cc(F)ccc21)c1ccccn1. The quantitative estimate of drug-likeness (QED) is 0.914. The molecule has 3 rings (SSSR count). The van der Waals surface area contributed by atoms with Crippen LogP contribution in [-0.4, -0.2) is 16.8 Å². The number of carbonyl (C=O) groups is 2. The zero-order valence-electron chi connectivity index (χ0n) is 12.5. The lowest BCUT2D eigenvalue weighted by Crippen LogP contribution is -2.36. The van der Waals surface area contributed by atoms with E-state index in [0.717, 1.165) is 5.69 Å². The Kier molecular flexibility index (Phi) is 4.06. The van der Waals surface area contributed by atoms with Gasteiger partial charge in [-0.2, -0.15) is 0 Å². The van der Waals surface area contributed by atoms with Crippen molar-refractivity contribution in [2.24, 2.45) is 0 Å². The molecule has 2 heterocycles. The summed E-state index contributed by atoms with van der Waals surface area (Å²) in [5.74, 6) is -1.66. The summed E-state index contributed by atoms with van der Waals surface area (Å²) in [6.45, 7) is 1.83. The van der Waals surface area contributed by atoms with E-state index in [1.807, 2.05) is 19.1 Å². The number of nitrogens with one attached hydrogen (secondary N) is 2. The molecule has 23 heavy (non-hydrogen) atoms. The fourth-order valence-corrected chi connectivity index (χ4v) is 2.69.